The minimum Gasteiger partial charge on any atom is -0.477 e. The lowest BCUT2D eigenvalue weighted by molar-refractivity contribution is -0.187. The van der Waals surface area contributed by atoms with Crippen LogP contribution in [0.25, 0.3) is 0 Å². The van der Waals surface area contributed by atoms with Crippen molar-refractivity contribution < 1.29 is 55.3 Å². The molecule has 0 aliphatic heterocycles. The molecule has 0 saturated carbocycles. The quantitative estimate of drug-likeness (QED) is 0.118. The van der Waals surface area contributed by atoms with Crippen LogP contribution in [0.4, 0.5) is 26.3 Å². The summed E-state index contributed by atoms with van der Waals surface area (Å²) in [7, 11) is 0. The van der Waals surface area contributed by atoms with Crippen LogP contribution >= 0.6 is 67.8 Å². The van der Waals surface area contributed by atoms with Gasteiger partial charge in [0.05, 0.1) is 7.14 Å². The predicted octanol–water partition coefficient (Wildman–Crippen LogP) is 6.18. The minimum atomic E-state index is -4.70. The third-order valence-electron chi connectivity index (χ3n) is 4.31. The van der Waals surface area contributed by atoms with E-state index in [0.717, 1.165) is 17.4 Å². The number of carboxylic acids is 1. The molecule has 1 atom stereocenters. The lowest BCUT2D eigenvalue weighted by Crippen LogP contribution is -2.47. The number of hydrogen-bond acceptors (Lipinski definition) is 5. The largest absolute Gasteiger partial charge is 0.477 e. The first-order valence-electron chi connectivity index (χ1n) is 9.07. The smallest absolute Gasteiger partial charge is 0.378 e. The lowest BCUT2D eigenvalue weighted by atomic mass is 10.0. The Balaban J connectivity index is 2.52. The van der Waals surface area contributed by atoms with Crippen LogP contribution in [-0.2, 0) is 9.53 Å². The molecule has 15 heteroatoms. The summed E-state index contributed by atoms with van der Waals surface area (Å²) in [6.07, 6.45) is -2.74. The Hall–Kier alpha value is -1.38. The molecule has 0 heterocycles. The molecule has 1 unspecified atom stereocenters. The number of carbonyl (C=O) groups excluding carboxylic acids is 2. The van der Waals surface area contributed by atoms with Gasteiger partial charge in [-0.05, 0) is 85.8 Å². The van der Waals surface area contributed by atoms with Crippen LogP contribution in [0, 0.1) is 39.9 Å². The second kappa shape index (κ2) is 11.3. The van der Waals surface area contributed by atoms with Crippen molar-refractivity contribution in [3.63, 3.8) is 0 Å². The third-order valence-corrected chi connectivity index (χ3v) is 6.54. The molecule has 2 aromatic rings. The number of aliphatic carboxylic acids is 1. The van der Waals surface area contributed by atoms with E-state index in [1.165, 1.54) is 12.1 Å². The van der Waals surface area contributed by atoms with Crippen LogP contribution in [0.1, 0.15) is 34.6 Å². The van der Waals surface area contributed by atoms with Crippen molar-refractivity contribution in [2.24, 2.45) is 5.92 Å². The molecular formula is C20H11F6I3O6. The number of carbonyl (C=O) groups is 3. The van der Waals surface area contributed by atoms with Crippen molar-refractivity contribution in [3.8, 4) is 5.75 Å². The molecule has 0 bridgehead atoms. The molecule has 0 aromatic heterocycles. The zero-order chi connectivity index (χ0) is 27.0. The second-order valence-electron chi connectivity index (χ2n) is 7.09. The summed E-state index contributed by atoms with van der Waals surface area (Å²) in [4.78, 5) is 35.4. The standard InChI is InChI=1S/C20H11F6I3O6/c1-5(2)16(20(25,26)19(32)33)35-18(31)10-13(23)11(21)9(12(22)14(10)24)17(30)34-15-7(28)3-6(27)4-8(15)29/h3-5,16H,1-2H3,(H,32,33). The summed E-state index contributed by atoms with van der Waals surface area (Å²) < 4.78 is 96.6. The van der Waals surface area contributed by atoms with Gasteiger partial charge in [0.2, 0.25) is 0 Å². The average molecular weight is 842 g/mol. The fourth-order valence-corrected chi connectivity index (χ4v) is 6.49. The Morgan fingerprint density at radius 1 is 0.857 bits per heavy atom. The van der Waals surface area contributed by atoms with Crippen LogP contribution in [0.15, 0.2) is 12.1 Å². The van der Waals surface area contributed by atoms with E-state index < -0.39 is 70.2 Å². The number of carboxylic acid groups (broad SMARTS) is 1. The van der Waals surface area contributed by atoms with E-state index in [9.17, 15) is 40.7 Å². The lowest BCUT2D eigenvalue weighted by Gasteiger charge is -2.26. The first kappa shape index (κ1) is 29.8. The number of benzene rings is 2. The van der Waals surface area contributed by atoms with Gasteiger partial charge in [-0.2, -0.15) is 8.78 Å². The molecule has 0 radical (unpaired) electrons. The molecule has 1 N–H and O–H groups in total. The van der Waals surface area contributed by atoms with E-state index in [1.807, 2.05) is 22.6 Å². The Labute approximate surface area is 234 Å². The molecule has 0 saturated heterocycles. The highest BCUT2D eigenvalue weighted by Crippen LogP contribution is 2.33. The SMILES string of the molecule is CC(C)C(OC(=O)c1c(F)c(F)c(C(=O)Oc2c(I)cc(I)cc2I)c(F)c1F)C(F)(F)C(=O)O. The van der Waals surface area contributed by atoms with E-state index in [-0.39, 0.29) is 5.75 Å². The van der Waals surface area contributed by atoms with E-state index in [2.05, 4.69) is 4.74 Å². The molecule has 190 valence electrons. The van der Waals surface area contributed by atoms with Gasteiger partial charge in [0.1, 0.15) is 11.1 Å². The van der Waals surface area contributed by atoms with Crippen molar-refractivity contribution in [1.82, 2.24) is 0 Å². The van der Waals surface area contributed by atoms with Gasteiger partial charge in [0.15, 0.2) is 35.1 Å². The summed E-state index contributed by atoms with van der Waals surface area (Å²) >= 11 is 5.45. The van der Waals surface area contributed by atoms with Crippen molar-refractivity contribution in [2.45, 2.75) is 25.9 Å². The average Bonchev–Trinajstić information content (AvgIpc) is 2.73. The molecule has 6 nitrogen and oxygen atoms in total. The van der Waals surface area contributed by atoms with E-state index in [1.54, 1.807) is 45.2 Å². The van der Waals surface area contributed by atoms with Crippen LogP contribution < -0.4 is 4.74 Å². The van der Waals surface area contributed by atoms with Gasteiger partial charge in [-0.15, -0.1) is 0 Å². The molecule has 0 aliphatic rings. The van der Waals surface area contributed by atoms with Crippen molar-refractivity contribution in [2.75, 3.05) is 0 Å². The van der Waals surface area contributed by atoms with Crippen molar-refractivity contribution in [3.05, 3.63) is 57.2 Å². The van der Waals surface area contributed by atoms with Gasteiger partial charge in [-0.3, -0.25) is 0 Å². The Bertz CT molecular complexity index is 1170. The van der Waals surface area contributed by atoms with Crippen LogP contribution in [-0.4, -0.2) is 35.0 Å². The van der Waals surface area contributed by atoms with Crippen molar-refractivity contribution in [1.29, 1.82) is 0 Å². The van der Waals surface area contributed by atoms with Gasteiger partial charge in [0, 0.05) is 3.57 Å². The first-order chi connectivity index (χ1) is 16.0. The summed E-state index contributed by atoms with van der Waals surface area (Å²) in [5, 5.41) is 8.65. The Kier molecular flexibility index (Phi) is 9.67. The Morgan fingerprint density at radius 3 is 1.63 bits per heavy atom. The number of hydrogen-bond donors (Lipinski definition) is 1. The molecule has 0 fully saturated rings. The molecule has 0 aliphatic carbocycles. The predicted molar refractivity (Wildman–Crippen MR) is 132 cm³/mol. The third kappa shape index (κ3) is 6.13. The molecule has 0 spiro atoms. The topological polar surface area (TPSA) is 89.9 Å². The zero-order valence-corrected chi connectivity index (χ0v) is 23.7. The van der Waals surface area contributed by atoms with Gasteiger partial charge < -0.3 is 14.6 Å². The van der Waals surface area contributed by atoms with E-state index >= 15 is 0 Å². The van der Waals surface area contributed by atoms with Gasteiger partial charge in [0.25, 0.3) is 0 Å². The maximum atomic E-state index is 14.6. The van der Waals surface area contributed by atoms with Gasteiger partial charge in [-0.1, -0.05) is 13.8 Å². The normalized spacial score (nSPS) is 12.5. The Morgan fingerprint density at radius 2 is 1.26 bits per heavy atom. The van der Waals surface area contributed by atoms with E-state index in [4.69, 9.17) is 9.84 Å². The number of ether oxygens (including phenoxy) is 2. The zero-order valence-electron chi connectivity index (χ0n) is 17.2. The molecule has 2 aromatic carbocycles. The summed E-state index contributed by atoms with van der Waals surface area (Å²) in [5.74, 6) is -22.6. The highest BCUT2D eigenvalue weighted by atomic mass is 127. The number of esters is 2. The summed E-state index contributed by atoms with van der Waals surface area (Å²) in [6, 6.07) is 3.08. The number of halogens is 9. The molecule has 35 heavy (non-hydrogen) atoms. The molecule has 0 amide bonds. The maximum absolute atomic E-state index is 14.6. The minimum absolute atomic E-state index is 0.157. The molecular weight excluding hydrogens is 831 g/mol. The van der Waals surface area contributed by atoms with E-state index in [0.29, 0.717) is 7.14 Å². The van der Waals surface area contributed by atoms with Crippen LogP contribution in [0.5, 0.6) is 5.75 Å². The van der Waals surface area contributed by atoms with Crippen LogP contribution in [0.3, 0.4) is 0 Å². The first-order valence-corrected chi connectivity index (χ1v) is 12.3. The van der Waals surface area contributed by atoms with Crippen molar-refractivity contribution >= 4 is 85.7 Å². The monoisotopic (exact) mass is 842 g/mol. The number of alkyl halides is 2. The highest BCUT2D eigenvalue weighted by molar-refractivity contribution is 14.1. The summed E-state index contributed by atoms with van der Waals surface area (Å²) in [5.41, 5.74) is -3.89. The number of rotatable bonds is 7. The van der Waals surface area contributed by atoms with Gasteiger partial charge in [-0.25, -0.2) is 31.9 Å². The molecule has 2 rings (SSSR count). The maximum Gasteiger partial charge on any atom is 0.378 e. The van der Waals surface area contributed by atoms with Gasteiger partial charge >= 0.3 is 23.8 Å². The highest BCUT2D eigenvalue weighted by Gasteiger charge is 2.52. The van der Waals surface area contributed by atoms with Crippen LogP contribution in [0.2, 0.25) is 0 Å². The fourth-order valence-electron chi connectivity index (χ4n) is 2.68. The second-order valence-corrected chi connectivity index (χ2v) is 10.7. The fraction of sp³-hybridized carbons (Fsp3) is 0.250. The summed E-state index contributed by atoms with van der Waals surface area (Å²) in [6.45, 7) is 2.02.